The maximum absolute atomic E-state index is 12.0. The van der Waals surface area contributed by atoms with Gasteiger partial charge in [0, 0.05) is 6.54 Å². The van der Waals surface area contributed by atoms with Gasteiger partial charge in [-0.1, -0.05) is 6.92 Å². The van der Waals surface area contributed by atoms with E-state index in [0.717, 1.165) is 0 Å². The summed E-state index contributed by atoms with van der Waals surface area (Å²) in [5.41, 5.74) is -1.47. The van der Waals surface area contributed by atoms with Gasteiger partial charge in [-0.3, -0.25) is 9.59 Å². The third-order valence-corrected chi connectivity index (χ3v) is 2.81. The van der Waals surface area contributed by atoms with Gasteiger partial charge in [0.2, 0.25) is 5.91 Å². The molecule has 1 saturated carbocycles. The van der Waals surface area contributed by atoms with Gasteiger partial charge in [-0.15, -0.1) is 0 Å². The van der Waals surface area contributed by atoms with Crippen molar-refractivity contribution < 1.29 is 14.3 Å². The fourth-order valence-corrected chi connectivity index (χ4v) is 1.81. The van der Waals surface area contributed by atoms with Crippen LogP contribution >= 0.6 is 0 Å². The topological polar surface area (TPSA) is 55.4 Å². The summed E-state index contributed by atoms with van der Waals surface area (Å²) in [7, 11) is 0. The fraction of sp³-hybridized carbons (Fsp3) is 0.833. The maximum atomic E-state index is 12.0. The Morgan fingerprint density at radius 1 is 1.44 bits per heavy atom. The standard InChI is InChI=1S/C12H21NO3/c1-6-13-9(14)12(7-8(12)2)10(15)16-11(3,4)5/h8H,6-7H2,1-5H3,(H,13,14). The Balaban J connectivity index is 2.75. The number of ether oxygens (including phenoxy) is 1. The van der Waals surface area contributed by atoms with Crippen LogP contribution in [0.25, 0.3) is 0 Å². The number of rotatable bonds is 3. The van der Waals surface area contributed by atoms with E-state index in [0.29, 0.717) is 13.0 Å². The molecule has 4 nitrogen and oxygen atoms in total. The molecule has 16 heavy (non-hydrogen) atoms. The molecule has 0 aromatic carbocycles. The minimum Gasteiger partial charge on any atom is -0.459 e. The second-order valence-corrected chi connectivity index (χ2v) is 5.44. The summed E-state index contributed by atoms with van der Waals surface area (Å²) in [5.74, 6) is -0.510. The van der Waals surface area contributed by atoms with Crippen molar-refractivity contribution in [2.24, 2.45) is 11.3 Å². The van der Waals surface area contributed by atoms with Crippen molar-refractivity contribution in [2.75, 3.05) is 6.54 Å². The maximum Gasteiger partial charge on any atom is 0.322 e. The molecule has 0 aliphatic heterocycles. The number of carbonyl (C=O) groups excluding carboxylic acids is 2. The Morgan fingerprint density at radius 3 is 2.25 bits per heavy atom. The van der Waals surface area contributed by atoms with Gasteiger partial charge < -0.3 is 10.1 Å². The highest BCUT2D eigenvalue weighted by molar-refractivity contribution is 6.06. The van der Waals surface area contributed by atoms with Gasteiger partial charge in [0.1, 0.15) is 11.0 Å². The Labute approximate surface area is 96.7 Å². The molecule has 1 aliphatic rings. The molecule has 0 saturated heterocycles. The summed E-state index contributed by atoms with van der Waals surface area (Å²) >= 11 is 0. The largest absolute Gasteiger partial charge is 0.459 e. The number of nitrogens with one attached hydrogen (secondary N) is 1. The molecule has 0 radical (unpaired) electrons. The number of amides is 1. The molecule has 0 spiro atoms. The summed E-state index contributed by atoms with van der Waals surface area (Å²) < 4.78 is 5.30. The van der Waals surface area contributed by atoms with E-state index in [1.54, 1.807) is 0 Å². The van der Waals surface area contributed by atoms with Crippen LogP contribution in [0.4, 0.5) is 0 Å². The number of carbonyl (C=O) groups is 2. The van der Waals surface area contributed by atoms with E-state index < -0.39 is 17.0 Å². The highest BCUT2D eigenvalue weighted by atomic mass is 16.6. The highest BCUT2D eigenvalue weighted by Gasteiger charge is 2.64. The first-order valence-corrected chi connectivity index (χ1v) is 5.75. The van der Waals surface area contributed by atoms with Gasteiger partial charge in [0.25, 0.3) is 0 Å². The van der Waals surface area contributed by atoms with Crippen LogP contribution in [0.5, 0.6) is 0 Å². The SMILES string of the molecule is CCNC(=O)C1(C(=O)OC(C)(C)C)CC1C. The van der Waals surface area contributed by atoms with Gasteiger partial charge in [-0.2, -0.15) is 0 Å². The van der Waals surface area contributed by atoms with Crippen LogP contribution in [0.1, 0.15) is 41.0 Å². The van der Waals surface area contributed by atoms with E-state index in [4.69, 9.17) is 4.74 Å². The van der Waals surface area contributed by atoms with Crippen LogP contribution in [0.3, 0.4) is 0 Å². The first kappa shape index (κ1) is 13.0. The van der Waals surface area contributed by atoms with Crippen molar-refractivity contribution >= 4 is 11.9 Å². The second-order valence-electron chi connectivity index (χ2n) is 5.44. The predicted octanol–water partition coefficient (Wildman–Crippen LogP) is 1.49. The average Bonchev–Trinajstić information content (AvgIpc) is 2.76. The van der Waals surface area contributed by atoms with Crippen molar-refractivity contribution in [1.82, 2.24) is 5.32 Å². The van der Waals surface area contributed by atoms with Gasteiger partial charge in [-0.25, -0.2) is 0 Å². The minimum absolute atomic E-state index is 0.0777. The van der Waals surface area contributed by atoms with Crippen LogP contribution in [-0.2, 0) is 14.3 Å². The zero-order valence-corrected chi connectivity index (χ0v) is 10.7. The quantitative estimate of drug-likeness (QED) is 0.587. The Hall–Kier alpha value is -1.06. The van der Waals surface area contributed by atoms with Crippen LogP contribution < -0.4 is 5.32 Å². The van der Waals surface area contributed by atoms with Crippen molar-refractivity contribution in [2.45, 2.75) is 46.6 Å². The first-order chi connectivity index (χ1) is 7.24. The molecule has 2 unspecified atom stereocenters. The molecule has 0 aromatic rings. The number of hydrogen-bond acceptors (Lipinski definition) is 3. The molecule has 1 amide bonds. The van der Waals surface area contributed by atoms with Crippen LogP contribution in [0.15, 0.2) is 0 Å². The summed E-state index contributed by atoms with van der Waals surface area (Å²) in [6.45, 7) is 9.71. The lowest BCUT2D eigenvalue weighted by atomic mass is 10.0. The zero-order valence-electron chi connectivity index (χ0n) is 10.7. The molecule has 0 aromatic heterocycles. The first-order valence-electron chi connectivity index (χ1n) is 5.75. The van der Waals surface area contributed by atoms with E-state index >= 15 is 0 Å². The van der Waals surface area contributed by atoms with Crippen LogP contribution in [-0.4, -0.2) is 24.0 Å². The normalized spacial score (nSPS) is 28.4. The van der Waals surface area contributed by atoms with Gasteiger partial charge in [-0.05, 0) is 40.0 Å². The molecule has 1 aliphatic carbocycles. The molecular weight excluding hydrogens is 206 g/mol. The van der Waals surface area contributed by atoms with E-state index in [9.17, 15) is 9.59 Å². The van der Waals surface area contributed by atoms with E-state index in [2.05, 4.69) is 5.32 Å². The van der Waals surface area contributed by atoms with Gasteiger partial charge >= 0.3 is 5.97 Å². The summed E-state index contributed by atoms with van der Waals surface area (Å²) in [5, 5.41) is 2.71. The molecule has 2 atom stereocenters. The fourth-order valence-electron chi connectivity index (χ4n) is 1.81. The lowest BCUT2D eigenvalue weighted by Crippen LogP contribution is -2.41. The smallest absolute Gasteiger partial charge is 0.322 e. The second kappa shape index (κ2) is 4.07. The monoisotopic (exact) mass is 227 g/mol. The third kappa shape index (κ3) is 2.36. The summed E-state index contributed by atoms with van der Waals surface area (Å²) in [4.78, 5) is 23.8. The van der Waals surface area contributed by atoms with Crippen molar-refractivity contribution in [3.63, 3.8) is 0 Å². The Morgan fingerprint density at radius 2 is 1.94 bits per heavy atom. The summed E-state index contributed by atoms with van der Waals surface area (Å²) in [6, 6.07) is 0. The predicted molar refractivity (Wildman–Crippen MR) is 60.7 cm³/mol. The number of hydrogen-bond donors (Lipinski definition) is 1. The molecule has 0 heterocycles. The molecule has 1 N–H and O–H groups in total. The van der Waals surface area contributed by atoms with Crippen molar-refractivity contribution in [3.8, 4) is 0 Å². The van der Waals surface area contributed by atoms with Crippen LogP contribution in [0.2, 0.25) is 0 Å². The zero-order chi connectivity index (χ0) is 12.6. The number of esters is 1. The lowest BCUT2D eigenvalue weighted by Gasteiger charge is -2.23. The van der Waals surface area contributed by atoms with Crippen molar-refractivity contribution in [3.05, 3.63) is 0 Å². The van der Waals surface area contributed by atoms with Gasteiger partial charge in [0.05, 0.1) is 0 Å². The molecular formula is C12H21NO3. The summed E-state index contributed by atoms with van der Waals surface area (Å²) in [6.07, 6.45) is 0.591. The van der Waals surface area contributed by atoms with Crippen LogP contribution in [0, 0.1) is 11.3 Å². The molecule has 92 valence electrons. The minimum atomic E-state index is -0.927. The molecule has 0 bridgehead atoms. The molecule has 1 fully saturated rings. The van der Waals surface area contributed by atoms with Gasteiger partial charge in [0.15, 0.2) is 0 Å². The van der Waals surface area contributed by atoms with Crippen molar-refractivity contribution in [1.29, 1.82) is 0 Å². The third-order valence-electron chi connectivity index (χ3n) is 2.81. The van der Waals surface area contributed by atoms with E-state index in [1.165, 1.54) is 0 Å². The lowest BCUT2D eigenvalue weighted by molar-refractivity contribution is -0.165. The van der Waals surface area contributed by atoms with E-state index in [-0.39, 0.29) is 11.8 Å². The Bertz CT molecular complexity index is 306. The van der Waals surface area contributed by atoms with E-state index in [1.807, 2.05) is 34.6 Å². The molecule has 1 rings (SSSR count). The Kier molecular flexibility index (Phi) is 3.31. The average molecular weight is 227 g/mol. The molecule has 4 heteroatoms. The highest BCUT2D eigenvalue weighted by Crippen LogP contribution is 2.53.